The molecule has 1 aliphatic heterocycles. The summed E-state index contributed by atoms with van der Waals surface area (Å²) in [4.78, 5) is 0.277. The van der Waals surface area contributed by atoms with Gasteiger partial charge in [-0.2, -0.15) is 0 Å². The number of ether oxygens (including phenoxy) is 1. The molecular formula is C14H22N2O3S. The largest absolute Gasteiger partial charge is 0.375 e. The Labute approximate surface area is 120 Å². The first-order valence-corrected chi connectivity index (χ1v) is 8.26. The second-order valence-electron chi connectivity index (χ2n) is 5.77. The van der Waals surface area contributed by atoms with Gasteiger partial charge in [-0.15, -0.1) is 0 Å². The second kappa shape index (κ2) is 5.81. The van der Waals surface area contributed by atoms with Crippen molar-refractivity contribution in [2.75, 3.05) is 6.61 Å². The van der Waals surface area contributed by atoms with E-state index in [1.54, 1.807) is 24.3 Å². The van der Waals surface area contributed by atoms with Gasteiger partial charge in [0.05, 0.1) is 10.5 Å². The maximum atomic E-state index is 12.3. The number of rotatable bonds is 4. The Morgan fingerprint density at radius 1 is 1.35 bits per heavy atom. The number of nitrogens with two attached hydrogens (primary N) is 1. The molecule has 1 atom stereocenters. The van der Waals surface area contributed by atoms with Crippen molar-refractivity contribution in [2.45, 2.75) is 49.8 Å². The monoisotopic (exact) mass is 298 g/mol. The fourth-order valence-corrected chi connectivity index (χ4v) is 3.70. The summed E-state index contributed by atoms with van der Waals surface area (Å²) < 4.78 is 33.0. The molecule has 1 aromatic carbocycles. The average Bonchev–Trinajstić information content (AvgIpc) is 2.37. The van der Waals surface area contributed by atoms with E-state index in [2.05, 4.69) is 4.72 Å². The Morgan fingerprint density at radius 2 is 2.00 bits per heavy atom. The molecule has 1 saturated heterocycles. The topological polar surface area (TPSA) is 81.4 Å². The van der Waals surface area contributed by atoms with Crippen LogP contribution in [0.5, 0.6) is 0 Å². The molecule has 1 unspecified atom stereocenters. The van der Waals surface area contributed by atoms with Crippen LogP contribution in [0, 0.1) is 0 Å². The van der Waals surface area contributed by atoms with Crippen molar-refractivity contribution in [1.29, 1.82) is 0 Å². The summed E-state index contributed by atoms with van der Waals surface area (Å²) in [5.74, 6) is 0. The van der Waals surface area contributed by atoms with E-state index >= 15 is 0 Å². The van der Waals surface area contributed by atoms with E-state index < -0.39 is 10.0 Å². The van der Waals surface area contributed by atoms with Gasteiger partial charge in [0.15, 0.2) is 0 Å². The standard InChI is InChI=1S/C14H22N2O3S/c1-14(2)9-12(7-8-19-14)16-20(17,18)13-5-3-11(10-15)4-6-13/h3-6,12,16H,7-10,15H2,1-2H3. The van der Waals surface area contributed by atoms with Crippen molar-refractivity contribution >= 4 is 10.0 Å². The van der Waals surface area contributed by atoms with Gasteiger partial charge in [0.2, 0.25) is 10.0 Å². The molecule has 0 bridgehead atoms. The van der Waals surface area contributed by atoms with Crippen molar-refractivity contribution in [2.24, 2.45) is 5.73 Å². The Kier molecular flexibility index (Phi) is 4.49. The first-order valence-electron chi connectivity index (χ1n) is 6.78. The molecule has 2 rings (SSSR count). The second-order valence-corrected chi connectivity index (χ2v) is 7.48. The maximum absolute atomic E-state index is 12.3. The zero-order valence-electron chi connectivity index (χ0n) is 11.9. The third-order valence-electron chi connectivity index (χ3n) is 3.49. The Bertz CT molecular complexity index is 552. The Balaban J connectivity index is 2.10. The molecule has 5 nitrogen and oxygen atoms in total. The van der Waals surface area contributed by atoms with Gasteiger partial charge in [0.25, 0.3) is 0 Å². The molecule has 20 heavy (non-hydrogen) atoms. The van der Waals surface area contributed by atoms with E-state index in [4.69, 9.17) is 10.5 Å². The van der Waals surface area contributed by atoms with Crippen molar-refractivity contribution < 1.29 is 13.2 Å². The summed E-state index contributed by atoms with van der Waals surface area (Å²) in [7, 11) is -3.48. The molecule has 0 saturated carbocycles. The molecule has 3 N–H and O–H groups in total. The van der Waals surface area contributed by atoms with Gasteiger partial charge in [-0.25, -0.2) is 13.1 Å². The van der Waals surface area contributed by atoms with Crippen molar-refractivity contribution in [3.63, 3.8) is 0 Å². The number of nitrogens with one attached hydrogen (secondary N) is 1. The molecule has 1 heterocycles. The van der Waals surface area contributed by atoms with Crippen LogP contribution in [0.1, 0.15) is 32.3 Å². The SMILES string of the molecule is CC1(C)CC(NS(=O)(=O)c2ccc(CN)cc2)CCO1. The molecule has 0 radical (unpaired) electrons. The fourth-order valence-electron chi connectivity index (χ4n) is 2.42. The summed E-state index contributed by atoms with van der Waals surface area (Å²) in [6.45, 7) is 4.93. The van der Waals surface area contributed by atoms with E-state index in [1.807, 2.05) is 13.8 Å². The molecule has 0 aromatic heterocycles. The van der Waals surface area contributed by atoms with E-state index in [1.165, 1.54) is 0 Å². The summed E-state index contributed by atoms with van der Waals surface area (Å²) in [5, 5.41) is 0. The molecule has 1 aromatic rings. The number of benzene rings is 1. The van der Waals surface area contributed by atoms with E-state index in [9.17, 15) is 8.42 Å². The molecule has 0 amide bonds. The van der Waals surface area contributed by atoms with Gasteiger partial charge in [-0.05, 0) is 44.4 Å². The zero-order valence-corrected chi connectivity index (χ0v) is 12.7. The van der Waals surface area contributed by atoms with Crippen molar-refractivity contribution in [1.82, 2.24) is 4.72 Å². The zero-order chi connectivity index (χ0) is 14.8. The first kappa shape index (κ1) is 15.4. The van der Waals surface area contributed by atoms with Gasteiger partial charge in [0, 0.05) is 19.2 Å². The van der Waals surface area contributed by atoms with E-state index in [0.717, 1.165) is 5.56 Å². The fraction of sp³-hybridized carbons (Fsp3) is 0.571. The lowest BCUT2D eigenvalue weighted by atomic mass is 9.95. The lowest BCUT2D eigenvalue weighted by Gasteiger charge is -2.35. The maximum Gasteiger partial charge on any atom is 0.240 e. The van der Waals surface area contributed by atoms with Crippen LogP contribution in [0.15, 0.2) is 29.2 Å². The first-order chi connectivity index (χ1) is 9.32. The predicted molar refractivity (Wildman–Crippen MR) is 77.7 cm³/mol. The summed E-state index contributed by atoms with van der Waals surface area (Å²) in [5.41, 5.74) is 6.14. The van der Waals surface area contributed by atoms with Crippen LogP contribution in [0.4, 0.5) is 0 Å². The summed E-state index contributed by atoms with van der Waals surface area (Å²) in [6.07, 6.45) is 1.37. The van der Waals surface area contributed by atoms with Crippen LogP contribution < -0.4 is 10.5 Å². The van der Waals surface area contributed by atoms with Crippen LogP contribution in [-0.2, 0) is 21.3 Å². The number of hydrogen-bond acceptors (Lipinski definition) is 4. The molecule has 1 fully saturated rings. The van der Waals surface area contributed by atoms with Gasteiger partial charge >= 0.3 is 0 Å². The van der Waals surface area contributed by atoms with Crippen LogP contribution in [0.2, 0.25) is 0 Å². The lowest BCUT2D eigenvalue weighted by molar-refractivity contribution is -0.0599. The predicted octanol–water partition coefficient (Wildman–Crippen LogP) is 1.38. The third kappa shape index (κ3) is 3.79. The van der Waals surface area contributed by atoms with E-state index in [0.29, 0.717) is 26.0 Å². The minimum Gasteiger partial charge on any atom is -0.375 e. The minimum absolute atomic E-state index is 0.0852. The highest BCUT2D eigenvalue weighted by Gasteiger charge is 2.31. The number of hydrogen-bond donors (Lipinski definition) is 2. The Morgan fingerprint density at radius 3 is 2.55 bits per heavy atom. The van der Waals surface area contributed by atoms with Gasteiger partial charge in [0.1, 0.15) is 0 Å². The van der Waals surface area contributed by atoms with Crippen LogP contribution in [0.3, 0.4) is 0 Å². The lowest BCUT2D eigenvalue weighted by Crippen LogP contribution is -2.45. The molecule has 6 heteroatoms. The molecule has 1 aliphatic rings. The van der Waals surface area contributed by atoms with Gasteiger partial charge in [-0.3, -0.25) is 0 Å². The Hall–Kier alpha value is -0.950. The third-order valence-corrected chi connectivity index (χ3v) is 5.02. The van der Waals surface area contributed by atoms with Crippen LogP contribution in [0.25, 0.3) is 0 Å². The average molecular weight is 298 g/mol. The van der Waals surface area contributed by atoms with Gasteiger partial charge in [-0.1, -0.05) is 12.1 Å². The molecule has 112 valence electrons. The van der Waals surface area contributed by atoms with Crippen molar-refractivity contribution in [3.05, 3.63) is 29.8 Å². The number of sulfonamides is 1. The van der Waals surface area contributed by atoms with Crippen LogP contribution in [-0.4, -0.2) is 26.7 Å². The summed E-state index contributed by atoms with van der Waals surface area (Å²) >= 11 is 0. The minimum atomic E-state index is -3.48. The molecule has 0 aliphatic carbocycles. The van der Waals surface area contributed by atoms with Gasteiger partial charge < -0.3 is 10.5 Å². The highest BCUT2D eigenvalue weighted by Crippen LogP contribution is 2.25. The van der Waals surface area contributed by atoms with Crippen LogP contribution >= 0.6 is 0 Å². The normalized spacial score (nSPS) is 22.6. The summed E-state index contributed by atoms with van der Waals surface area (Å²) in [6, 6.07) is 6.58. The highest BCUT2D eigenvalue weighted by molar-refractivity contribution is 7.89. The molecular weight excluding hydrogens is 276 g/mol. The molecule has 0 spiro atoms. The smallest absolute Gasteiger partial charge is 0.240 e. The quantitative estimate of drug-likeness (QED) is 0.880. The highest BCUT2D eigenvalue weighted by atomic mass is 32.2. The van der Waals surface area contributed by atoms with E-state index in [-0.39, 0.29) is 16.5 Å². The van der Waals surface area contributed by atoms with Crippen molar-refractivity contribution in [3.8, 4) is 0 Å².